The van der Waals surface area contributed by atoms with Crippen LogP contribution in [-0.4, -0.2) is 25.0 Å². The number of nitrogens with two attached hydrogens (primary N) is 1. The van der Waals surface area contributed by atoms with Crippen molar-refractivity contribution in [3.8, 4) is 0 Å². The molecular formula is C11H18N4. The quantitative estimate of drug-likeness (QED) is 0.502. The summed E-state index contributed by atoms with van der Waals surface area (Å²) < 4.78 is 0. The van der Waals surface area contributed by atoms with Gasteiger partial charge in [-0.05, 0) is 18.2 Å². The zero-order chi connectivity index (χ0) is 11.3. The first-order chi connectivity index (χ1) is 7.15. The number of hydrogen-bond donors (Lipinski definition) is 3. The van der Waals surface area contributed by atoms with E-state index in [9.17, 15) is 0 Å². The van der Waals surface area contributed by atoms with Gasteiger partial charge in [-0.25, -0.2) is 0 Å². The Labute approximate surface area is 90.6 Å². The second-order valence-electron chi connectivity index (χ2n) is 3.54. The zero-order valence-corrected chi connectivity index (χ0v) is 9.25. The van der Waals surface area contributed by atoms with E-state index in [0.29, 0.717) is 6.54 Å². The van der Waals surface area contributed by atoms with Gasteiger partial charge in [0.2, 0.25) is 0 Å². The first-order valence-electron chi connectivity index (χ1n) is 4.91. The molecule has 4 heteroatoms. The molecule has 0 aromatic heterocycles. The molecule has 0 aliphatic rings. The van der Waals surface area contributed by atoms with E-state index in [1.807, 2.05) is 26.2 Å². The number of benzene rings is 1. The van der Waals surface area contributed by atoms with Crippen LogP contribution in [0.25, 0.3) is 0 Å². The minimum atomic E-state index is 0.0919. The average molecular weight is 206 g/mol. The topological polar surface area (TPSA) is 65.1 Å². The lowest BCUT2D eigenvalue weighted by Gasteiger charge is -2.18. The minimum absolute atomic E-state index is 0.0919. The zero-order valence-electron chi connectivity index (χ0n) is 9.25. The van der Waals surface area contributed by atoms with Crippen molar-refractivity contribution in [2.24, 2.45) is 5.73 Å². The van der Waals surface area contributed by atoms with Crippen molar-refractivity contribution >= 4 is 5.96 Å². The van der Waals surface area contributed by atoms with Gasteiger partial charge in [-0.2, -0.15) is 0 Å². The molecule has 15 heavy (non-hydrogen) atoms. The summed E-state index contributed by atoms with van der Waals surface area (Å²) in [5, 5.41) is 10.4. The molecule has 0 amide bonds. The standard InChI is InChI=1S/C11H18N4/c1-14-7-9-5-3-4-6-10(9)8-15(2)11(12)13/h3-6,14H,7-8H2,1-2H3,(H3,12,13). The Kier molecular flexibility index (Phi) is 4.12. The summed E-state index contributed by atoms with van der Waals surface area (Å²) in [6.45, 7) is 1.51. The molecule has 0 aliphatic heterocycles. The van der Waals surface area contributed by atoms with Crippen LogP contribution in [0.3, 0.4) is 0 Å². The highest BCUT2D eigenvalue weighted by molar-refractivity contribution is 5.74. The number of nitrogens with zero attached hydrogens (tertiary/aromatic N) is 1. The maximum atomic E-state index is 7.31. The van der Waals surface area contributed by atoms with Crippen molar-refractivity contribution in [2.75, 3.05) is 14.1 Å². The molecule has 82 valence electrons. The second-order valence-corrected chi connectivity index (χ2v) is 3.54. The Morgan fingerprint density at radius 2 is 2.00 bits per heavy atom. The predicted octanol–water partition coefficient (Wildman–Crippen LogP) is 0.731. The third kappa shape index (κ3) is 3.25. The van der Waals surface area contributed by atoms with Gasteiger partial charge in [0.15, 0.2) is 5.96 Å². The van der Waals surface area contributed by atoms with Crippen molar-refractivity contribution in [3.05, 3.63) is 35.4 Å². The van der Waals surface area contributed by atoms with E-state index in [-0.39, 0.29) is 5.96 Å². The Morgan fingerprint density at radius 3 is 2.53 bits per heavy atom. The third-order valence-corrected chi connectivity index (χ3v) is 2.30. The number of hydrogen-bond acceptors (Lipinski definition) is 2. The SMILES string of the molecule is CNCc1ccccc1CN(C)C(=N)N. The molecule has 0 saturated heterocycles. The van der Waals surface area contributed by atoms with Gasteiger partial charge in [-0.3, -0.25) is 5.41 Å². The van der Waals surface area contributed by atoms with Gasteiger partial charge in [0.05, 0.1) is 0 Å². The molecule has 0 bridgehead atoms. The molecule has 0 radical (unpaired) electrons. The van der Waals surface area contributed by atoms with Gasteiger partial charge in [0.1, 0.15) is 0 Å². The number of guanidine groups is 1. The highest BCUT2D eigenvalue weighted by Gasteiger charge is 2.05. The average Bonchev–Trinajstić information content (AvgIpc) is 2.21. The van der Waals surface area contributed by atoms with Crippen LogP contribution in [0.1, 0.15) is 11.1 Å². The molecule has 0 saturated carbocycles. The molecular weight excluding hydrogens is 188 g/mol. The van der Waals surface area contributed by atoms with Crippen LogP contribution in [0.4, 0.5) is 0 Å². The van der Waals surface area contributed by atoms with E-state index < -0.39 is 0 Å². The summed E-state index contributed by atoms with van der Waals surface area (Å²) in [5.41, 5.74) is 7.84. The van der Waals surface area contributed by atoms with Crippen molar-refractivity contribution in [3.63, 3.8) is 0 Å². The lowest BCUT2D eigenvalue weighted by Crippen LogP contribution is -2.32. The van der Waals surface area contributed by atoms with E-state index in [1.54, 1.807) is 4.90 Å². The molecule has 1 aromatic carbocycles. The molecule has 1 rings (SSSR count). The van der Waals surface area contributed by atoms with Gasteiger partial charge in [-0.1, -0.05) is 24.3 Å². The fraction of sp³-hybridized carbons (Fsp3) is 0.364. The smallest absolute Gasteiger partial charge is 0.188 e. The largest absolute Gasteiger partial charge is 0.370 e. The molecule has 4 N–H and O–H groups in total. The van der Waals surface area contributed by atoms with Gasteiger partial charge in [-0.15, -0.1) is 0 Å². The van der Waals surface area contributed by atoms with Crippen LogP contribution >= 0.6 is 0 Å². The lowest BCUT2D eigenvalue weighted by molar-refractivity contribution is 0.488. The monoisotopic (exact) mass is 206 g/mol. The lowest BCUT2D eigenvalue weighted by atomic mass is 10.1. The molecule has 4 nitrogen and oxygen atoms in total. The van der Waals surface area contributed by atoms with Gasteiger partial charge in [0, 0.05) is 20.1 Å². The molecule has 0 aliphatic carbocycles. The predicted molar refractivity (Wildman–Crippen MR) is 62.6 cm³/mol. The Morgan fingerprint density at radius 1 is 1.40 bits per heavy atom. The molecule has 0 spiro atoms. The highest BCUT2D eigenvalue weighted by atomic mass is 15.2. The summed E-state index contributed by atoms with van der Waals surface area (Å²) >= 11 is 0. The van der Waals surface area contributed by atoms with Crippen LogP contribution in [0.2, 0.25) is 0 Å². The minimum Gasteiger partial charge on any atom is -0.370 e. The van der Waals surface area contributed by atoms with E-state index in [0.717, 1.165) is 6.54 Å². The molecule has 0 atom stereocenters. The summed E-state index contributed by atoms with van der Waals surface area (Å²) in [5.74, 6) is 0.0919. The van der Waals surface area contributed by atoms with Crippen LogP contribution in [0.5, 0.6) is 0 Å². The van der Waals surface area contributed by atoms with Gasteiger partial charge >= 0.3 is 0 Å². The fourth-order valence-corrected chi connectivity index (χ4v) is 1.42. The van der Waals surface area contributed by atoms with Crippen LogP contribution in [0, 0.1) is 5.41 Å². The molecule has 0 fully saturated rings. The van der Waals surface area contributed by atoms with E-state index >= 15 is 0 Å². The fourth-order valence-electron chi connectivity index (χ4n) is 1.42. The Bertz CT molecular complexity index is 335. The summed E-state index contributed by atoms with van der Waals surface area (Å²) in [7, 11) is 3.74. The maximum Gasteiger partial charge on any atom is 0.188 e. The van der Waals surface area contributed by atoms with Crippen LogP contribution < -0.4 is 11.1 Å². The summed E-state index contributed by atoms with van der Waals surface area (Å²) in [4.78, 5) is 1.72. The van der Waals surface area contributed by atoms with Gasteiger partial charge < -0.3 is 16.0 Å². The normalized spacial score (nSPS) is 10.0. The van der Waals surface area contributed by atoms with E-state index in [1.165, 1.54) is 11.1 Å². The second kappa shape index (κ2) is 5.36. The van der Waals surface area contributed by atoms with Crippen molar-refractivity contribution in [1.82, 2.24) is 10.2 Å². The summed E-state index contributed by atoms with van der Waals surface area (Å²) in [6, 6.07) is 8.17. The highest BCUT2D eigenvalue weighted by Crippen LogP contribution is 2.10. The Hall–Kier alpha value is -1.55. The van der Waals surface area contributed by atoms with Crippen molar-refractivity contribution in [2.45, 2.75) is 13.1 Å². The molecule has 0 heterocycles. The Balaban J connectivity index is 2.79. The first kappa shape index (κ1) is 11.5. The molecule has 1 aromatic rings. The van der Waals surface area contributed by atoms with Crippen molar-refractivity contribution < 1.29 is 0 Å². The van der Waals surface area contributed by atoms with Gasteiger partial charge in [0.25, 0.3) is 0 Å². The number of nitrogens with one attached hydrogen (secondary N) is 2. The number of rotatable bonds is 4. The third-order valence-electron chi connectivity index (χ3n) is 2.30. The van der Waals surface area contributed by atoms with E-state index in [4.69, 9.17) is 11.1 Å². The maximum absolute atomic E-state index is 7.31. The van der Waals surface area contributed by atoms with Crippen LogP contribution in [-0.2, 0) is 13.1 Å². The van der Waals surface area contributed by atoms with Crippen LogP contribution in [0.15, 0.2) is 24.3 Å². The van der Waals surface area contributed by atoms with Crippen molar-refractivity contribution in [1.29, 1.82) is 5.41 Å². The summed E-state index contributed by atoms with van der Waals surface area (Å²) in [6.07, 6.45) is 0. The molecule has 0 unspecified atom stereocenters. The first-order valence-corrected chi connectivity index (χ1v) is 4.91. The van der Waals surface area contributed by atoms with E-state index in [2.05, 4.69) is 17.4 Å².